The maximum absolute atomic E-state index is 12.7. The Balaban J connectivity index is 0.00000180. The van der Waals surface area contributed by atoms with Gasteiger partial charge in [0, 0.05) is 12.6 Å². The van der Waals surface area contributed by atoms with Crippen LogP contribution >= 0.6 is 12.4 Å². The van der Waals surface area contributed by atoms with Crippen molar-refractivity contribution in [2.75, 3.05) is 6.54 Å². The second-order valence-corrected chi connectivity index (χ2v) is 6.44. The van der Waals surface area contributed by atoms with Crippen LogP contribution < -0.4 is 10.5 Å². The molecule has 0 bridgehead atoms. The van der Waals surface area contributed by atoms with Crippen LogP contribution in [0.1, 0.15) is 18.4 Å². The Hall–Kier alpha value is -0.690. The molecule has 1 aromatic rings. The molecule has 108 valence electrons. The van der Waals surface area contributed by atoms with Crippen LogP contribution in [0, 0.1) is 11.7 Å². The van der Waals surface area contributed by atoms with Gasteiger partial charge in [0.15, 0.2) is 0 Å². The van der Waals surface area contributed by atoms with E-state index in [0.29, 0.717) is 18.0 Å². The lowest BCUT2D eigenvalue weighted by Gasteiger charge is -2.16. The average Bonchev–Trinajstić information content (AvgIpc) is 3.13. The summed E-state index contributed by atoms with van der Waals surface area (Å²) in [6, 6.07) is 5.29. The van der Waals surface area contributed by atoms with Gasteiger partial charge in [0.2, 0.25) is 10.0 Å². The molecular formula is C12H18ClFN2O2S. The fourth-order valence-electron chi connectivity index (χ4n) is 1.91. The average molecular weight is 309 g/mol. The van der Waals surface area contributed by atoms with E-state index < -0.39 is 10.0 Å². The number of sulfonamides is 1. The zero-order chi connectivity index (χ0) is 13.2. The van der Waals surface area contributed by atoms with Gasteiger partial charge in [-0.2, -0.15) is 0 Å². The topological polar surface area (TPSA) is 72.2 Å². The summed E-state index contributed by atoms with van der Waals surface area (Å²) < 4.78 is 39.2. The maximum Gasteiger partial charge on any atom is 0.216 e. The van der Waals surface area contributed by atoms with E-state index in [-0.39, 0.29) is 30.0 Å². The van der Waals surface area contributed by atoms with Gasteiger partial charge in [0.25, 0.3) is 0 Å². The van der Waals surface area contributed by atoms with Gasteiger partial charge >= 0.3 is 0 Å². The standard InChI is InChI=1S/C12H17FN2O2S.ClH/c13-11-5-1-9(2-6-11)8-18(16,17)15-12(7-14)10-3-4-10;/h1-2,5-6,10,12,15H,3-4,7-8,14H2;1H. The Morgan fingerprint density at radius 3 is 2.37 bits per heavy atom. The molecule has 2 rings (SSSR count). The van der Waals surface area contributed by atoms with Crippen LogP contribution in [0.5, 0.6) is 0 Å². The first-order valence-electron chi connectivity index (χ1n) is 5.95. The third-order valence-corrected chi connectivity index (χ3v) is 4.42. The van der Waals surface area contributed by atoms with E-state index >= 15 is 0 Å². The Bertz CT molecular complexity index is 503. The maximum atomic E-state index is 12.7. The quantitative estimate of drug-likeness (QED) is 0.834. The molecule has 1 saturated carbocycles. The first-order valence-corrected chi connectivity index (χ1v) is 7.60. The number of hydrogen-bond acceptors (Lipinski definition) is 3. The minimum Gasteiger partial charge on any atom is -0.329 e. The summed E-state index contributed by atoms with van der Waals surface area (Å²) in [5.74, 6) is -0.142. The zero-order valence-electron chi connectivity index (χ0n) is 10.4. The fourth-order valence-corrected chi connectivity index (χ4v) is 3.37. The number of rotatable bonds is 6. The molecule has 4 nitrogen and oxygen atoms in total. The van der Waals surface area contributed by atoms with Crippen molar-refractivity contribution in [2.24, 2.45) is 11.7 Å². The van der Waals surface area contributed by atoms with E-state index in [1.54, 1.807) is 0 Å². The third-order valence-electron chi connectivity index (χ3n) is 3.05. The molecule has 0 aromatic heterocycles. The van der Waals surface area contributed by atoms with Crippen LogP contribution in [0.25, 0.3) is 0 Å². The van der Waals surface area contributed by atoms with E-state index in [0.717, 1.165) is 12.8 Å². The molecule has 1 aromatic carbocycles. The molecule has 0 radical (unpaired) electrons. The summed E-state index contributed by atoms with van der Waals surface area (Å²) in [5, 5.41) is 0. The molecule has 0 saturated heterocycles. The van der Waals surface area contributed by atoms with Crippen molar-refractivity contribution in [1.82, 2.24) is 4.72 Å². The summed E-state index contributed by atoms with van der Waals surface area (Å²) in [6.45, 7) is 0.313. The summed E-state index contributed by atoms with van der Waals surface area (Å²) in [7, 11) is -3.42. The van der Waals surface area contributed by atoms with Crippen molar-refractivity contribution in [3.05, 3.63) is 35.6 Å². The fraction of sp³-hybridized carbons (Fsp3) is 0.500. The second kappa shape index (κ2) is 6.65. The van der Waals surface area contributed by atoms with Crippen LogP contribution in [0.2, 0.25) is 0 Å². The lowest BCUT2D eigenvalue weighted by atomic mass is 10.2. The smallest absolute Gasteiger partial charge is 0.216 e. The predicted molar refractivity (Wildman–Crippen MR) is 75.0 cm³/mol. The van der Waals surface area contributed by atoms with Crippen LogP contribution in [0.4, 0.5) is 4.39 Å². The highest BCUT2D eigenvalue weighted by atomic mass is 35.5. The van der Waals surface area contributed by atoms with Crippen molar-refractivity contribution in [1.29, 1.82) is 0 Å². The number of nitrogens with one attached hydrogen (secondary N) is 1. The molecule has 7 heteroatoms. The van der Waals surface area contributed by atoms with Crippen molar-refractivity contribution in [3.63, 3.8) is 0 Å². The third kappa shape index (κ3) is 5.06. The molecule has 19 heavy (non-hydrogen) atoms. The highest BCUT2D eigenvalue weighted by Gasteiger charge is 2.32. The normalized spacial score (nSPS) is 16.7. The second-order valence-electron chi connectivity index (χ2n) is 4.68. The van der Waals surface area contributed by atoms with E-state index in [1.807, 2.05) is 0 Å². The number of nitrogens with two attached hydrogens (primary N) is 1. The lowest BCUT2D eigenvalue weighted by Crippen LogP contribution is -2.42. The number of halogens is 2. The van der Waals surface area contributed by atoms with E-state index in [2.05, 4.69) is 4.72 Å². The van der Waals surface area contributed by atoms with E-state index in [1.165, 1.54) is 24.3 Å². The zero-order valence-corrected chi connectivity index (χ0v) is 12.0. The van der Waals surface area contributed by atoms with Gasteiger partial charge in [-0.1, -0.05) is 12.1 Å². The first kappa shape index (κ1) is 16.4. The monoisotopic (exact) mass is 308 g/mol. The molecule has 0 amide bonds. The van der Waals surface area contributed by atoms with Crippen LogP contribution in [0.15, 0.2) is 24.3 Å². The van der Waals surface area contributed by atoms with Crippen LogP contribution in [-0.4, -0.2) is 21.0 Å². The minimum atomic E-state index is -3.42. The molecule has 1 aliphatic rings. The molecule has 1 fully saturated rings. The summed E-state index contributed by atoms with van der Waals surface area (Å²) in [6.07, 6.45) is 2.06. The van der Waals surface area contributed by atoms with Crippen molar-refractivity contribution in [3.8, 4) is 0 Å². The van der Waals surface area contributed by atoms with Crippen molar-refractivity contribution < 1.29 is 12.8 Å². The number of hydrogen-bond donors (Lipinski definition) is 2. The highest BCUT2D eigenvalue weighted by molar-refractivity contribution is 7.88. The van der Waals surface area contributed by atoms with Gasteiger partial charge < -0.3 is 5.73 Å². The van der Waals surface area contributed by atoms with Gasteiger partial charge in [-0.25, -0.2) is 17.5 Å². The first-order chi connectivity index (χ1) is 8.50. The molecule has 0 spiro atoms. The Labute approximate surface area is 119 Å². The van der Waals surface area contributed by atoms with Gasteiger partial charge in [-0.05, 0) is 36.5 Å². The predicted octanol–water partition coefficient (Wildman–Crippen LogP) is 1.40. The molecule has 1 unspecified atom stereocenters. The lowest BCUT2D eigenvalue weighted by molar-refractivity contribution is 0.518. The molecule has 0 heterocycles. The summed E-state index contributed by atoms with van der Waals surface area (Å²) in [4.78, 5) is 0. The molecule has 3 N–H and O–H groups in total. The Morgan fingerprint density at radius 2 is 1.89 bits per heavy atom. The van der Waals surface area contributed by atoms with Crippen LogP contribution in [-0.2, 0) is 15.8 Å². The van der Waals surface area contributed by atoms with Crippen molar-refractivity contribution in [2.45, 2.75) is 24.6 Å². The summed E-state index contributed by atoms with van der Waals surface area (Å²) >= 11 is 0. The van der Waals surface area contributed by atoms with E-state index in [9.17, 15) is 12.8 Å². The molecule has 1 atom stereocenters. The molecular weight excluding hydrogens is 291 g/mol. The molecule has 1 aliphatic carbocycles. The molecule has 0 aliphatic heterocycles. The van der Waals surface area contributed by atoms with E-state index in [4.69, 9.17) is 5.73 Å². The largest absolute Gasteiger partial charge is 0.329 e. The van der Waals surface area contributed by atoms with Gasteiger partial charge in [0.05, 0.1) is 5.75 Å². The van der Waals surface area contributed by atoms with Gasteiger partial charge in [0.1, 0.15) is 5.82 Å². The van der Waals surface area contributed by atoms with Crippen LogP contribution in [0.3, 0.4) is 0 Å². The Kier molecular flexibility index (Phi) is 5.73. The number of benzene rings is 1. The van der Waals surface area contributed by atoms with Gasteiger partial charge in [-0.3, -0.25) is 0 Å². The van der Waals surface area contributed by atoms with Gasteiger partial charge in [-0.15, -0.1) is 12.4 Å². The minimum absolute atomic E-state index is 0. The Morgan fingerprint density at radius 1 is 1.32 bits per heavy atom. The highest BCUT2D eigenvalue weighted by Crippen LogP contribution is 2.32. The van der Waals surface area contributed by atoms with Crippen molar-refractivity contribution >= 4 is 22.4 Å². The SMILES string of the molecule is Cl.NCC(NS(=O)(=O)Cc1ccc(F)cc1)C1CC1. The summed E-state index contributed by atoms with van der Waals surface area (Å²) in [5.41, 5.74) is 6.12.